The quantitative estimate of drug-likeness (QED) is 0.820. The summed E-state index contributed by atoms with van der Waals surface area (Å²) in [5, 5.41) is 8.75. The molecule has 0 aliphatic heterocycles. The fourth-order valence-electron chi connectivity index (χ4n) is 1.85. The molecule has 88 valence electrons. The van der Waals surface area contributed by atoms with Crippen molar-refractivity contribution in [3.8, 4) is 0 Å². The predicted octanol–water partition coefficient (Wildman–Crippen LogP) is 2.34. The molecule has 1 aromatic carbocycles. The molecule has 1 aromatic rings. The molecule has 3 heteroatoms. The molecule has 16 heavy (non-hydrogen) atoms. The fourth-order valence-corrected chi connectivity index (χ4v) is 1.85. The number of benzene rings is 1. The van der Waals surface area contributed by atoms with Gasteiger partial charge in [0.2, 0.25) is 0 Å². The number of carbonyl (C=O) groups is 1. The van der Waals surface area contributed by atoms with E-state index in [0.29, 0.717) is 0 Å². The van der Waals surface area contributed by atoms with E-state index in [0.717, 1.165) is 17.5 Å². The Morgan fingerprint density at radius 2 is 2.06 bits per heavy atom. The molecular weight excluding hydrogens is 202 g/mol. The minimum atomic E-state index is -0.855. The minimum absolute atomic E-state index is 0.0204. The number of nitrogens with two attached hydrogens (primary N) is 1. The van der Waals surface area contributed by atoms with E-state index in [4.69, 9.17) is 10.8 Å². The number of carboxylic acids is 1. The topological polar surface area (TPSA) is 63.3 Å². The van der Waals surface area contributed by atoms with E-state index in [2.05, 4.69) is 13.0 Å². The SMILES string of the molecule is CCc1cc(C)c(C)c(C(N)CC(=O)O)c1. The lowest BCUT2D eigenvalue weighted by Crippen LogP contribution is -2.17. The predicted molar refractivity (Wildman–Crippen MR) is 64.5 cm³/mol. The van der Waals surface area contributed by atoms with E-state index < -0.39 is 12.0 Å². The highest BCUT2D eigenvalue weighted by molar-refractivity contribution is 5.68. The molecule has 0 aliphatic carbocycles. The number of hydrogen-bond acceptors (Lipinski definition) is 2. The molecule has 0 bridgehead atoms. The summed E-state index contributed by atoms with van der Waals surface area (Å²) < 4.78 is 0. The number of aliphatic carboxylic acids is 1. The molecule has 0 aliphatic rings. The van der Waals surface area contributed by atoms with Crippen LogP contribution in [0.25, 0.3) is 0 Å². The molecule has 0 spiro atoms. The Balaban J connectivity index is 3.10. The van der Waals surface area contributed by atoms with E-state index in [-0.39, 0.29) is 6.42 Å². The second-order valence-corrected chi connectivity index (χ2v) is 4.18. The van der Waals surface area contributed by atoms with Crippen LogP contribution in [-0.2, 0) is 11.2 Å². The summed E-state index contributed by atoms with van der Waals surface area (Å²) in [6.07, 6.45) is 0.918. The van der Waals surface area contributed by atoms with Gasteiger partial charge >= 0.3 is 5.97 Å². The van der Waals surface area contributed by atoms with Crippen LogP contribution in [0.2, 0.25) is 0 Å². The average Bonchev–Trinajstić information content (AvgIpc) is 2.20. The molecule has 1 unspecified atom stereocenters. The van der Waals surface area contributed by atoms with E-state index >= 15 is 0 Å². The number of aryl methyl sites for hydroxylation is 2. The Bertz CT molecular complexity index is 399. The van der Waals surface area contributed by atoms with Crippen molar-refractivity contribution in [1.82, 2.24) is 0 Å². The number of hydrogen-bond donors (Lipinski definition) is 2. The normalized spacial score (nSPS) is 12.5. The smallest absolute Gasteiger partial charge is 0.305 e. The zero-order valence-electron chi connectivity index (χ0n) is 10.1. The molecule has 0 fully saturated rings. The van der Waals surface area contributed by atoms with Gasteiger partial charge in [0.1, 0.15) is 0 Å². The van der Waals surface area contributed by atoms with E-state index in [1.54, 1.807) is 0 Å². The molecule has 1 rings (SSSR count). The zero-order chi connectivity index (χ0) is 12.3. The number of rotatable bonds is 4. The third kappa shape index (κ3) is 2.83. The van der Waals surface area contributed by atoms with Crippen LogP contribution < -0.4 is 5.73 Å². The molecule has 3 N–H and O–H groups in total. The van der Waals surface area contributed by atoms with Crippen LogP contribution in [0, 0.1) is 13.8 Å². The molecule has 3 nitrogen and oxygen atoms in total. The minimum Gasteiger partial charge on any atom is -0.481 e. The first-order valence-electron chi connectivity index (χ1n) is 5.53. The van der Waals surface area contributed by atoms with E-state index in [1.165, 1.54) is 11.1 Å². The molecule has 0 amide bonds. The fraction of sp³-hybridized carbons (Fsp3) is 0.462. The van der Waals surface area contributed by atoms with Crippen LogP contribution in [0.15, 0.2) is 12.1 Å². The monoisotopic (exact) mass is 221 g/mol. The molecule has 0 heterocycles. The van der Waals surface area contributed by atoms with Crippen LogP contribution in [0.1, 0.15) is 41.6 Å². The van der Waals surface area contributed by atoms with Gasteiger partial charge in [-0.15, -0.1) is 0 Å². The van der Waals surface area contributed by atoms with Gasteiger partial charge in [0.15, 0.2) is 0 Å². The second kappa shape index (κ2) is 5.12. The van der Waals surface area contributed by atoms with E-state index in [9.17, 15) is 4.79 Å². The van der Waals surface area contributed by atoms with Gasteiger partial charge in [0.25, 0.3) is 0 Å². The van der Waals surface area contributed by atoms with Crippen LogP contribution >= 0.6 is 0 Å². The second-order valence-electron chi connectivity index (χ2n) is 4.18. The highest BCUT2D eigenvalue weighted by atomic mass is 16.4. The van der Waals surface area contributed by atoms with Crippen molar-refractivity contribution < 1.29 is 9.90 Å². The first-order valence-corrected chi connectivity index (χ1v) is 5.53. The van der Waals surface area contributed by atoms with Crippen LogP contribution in [0.5, 0.6) is 0 Å². The maximum absolute atomic E-state index is 10.7. The summed E-state index contributed by atoms with van der Waals surface area (Å²) >= 11 is 0. The van der Waals surface area contributed by atoms with Crippen molar-refractivity contribution in [2.45, 2.75) is 39.7 Å². The zero-order valence-corrected chi connectivity index (χ0v) is 10.1. The first-order chi connectivity index (χ1) is 7.45. The van der Waals surface area contributed by atoms with Crippen LogP contribution in [0.3, 0.4) is 0 Å². The maximum atomic E-state index is 10.7. The maximum Gasteiger partial charge on any atom is 0.305 e. The molecule has 1 atom stereocenters. The van der Waals surface area contributed by atoms with Gasteiger partial charge in [-0.05, 0) is 42.5 Å². The third-order valence-corrected chi connectivity index (χ3v) is 2.97. The largest absolute Gasteiger partial charge is 0.481 e. The van der Waals surface area contributed by atoms with Crippen molar-refractivity contribution in [2.75, 3.05) is 0 Å². The van der Waals surface area contributed by atoms with Crippen LogP contribution in [0.4, 0.5) is 0 Å². The van der Waals surface area contributed by atoms with Crippen molar-refractivity contribution in [1.29, 1.82) is 0 Å². The standard InChI is InChI=1S/C13H19NO2/c1-4-10-5-8(2)9(3)11(6-10)12(14)7-13(15)16/h5-6,12H,4,7,14H2,1-3H3,(H,15,16). The van der Waals surface area contributed by atoms with Gasteiger partial charge in [-0.3, -0.25) is 4.79 Å². The van der Waals surface area contributed by atoms with Gasteiger partial charge in [-0.2, -0.15) is 0 Å². The van der Waals surface area contributed by atoms with Crippen molar-refractivity contribution in [3.05, 3.63) is 34.4 Å². The van der Waals surface area contributed by atoms with Gasteiger partial charge in [0, 0.05) is 6.04 Å². The highest BCUT2D eigenvalue weighted by Gasteiger charge is 2.14. The molecule has 0 saturated carbocycles. The Hall–Kier alpha value is -1.35. The Morgan fingerprint density at radius 3 is 2.56 bits per heavy atom. The van der Waals surface area contributed by atoms with Gasteiger partial charge < -0.3 is 10.8 Å². The summed E-state index contributed by atoms with van der Waals surface area (Å²) in [5.74, 6) is -0.855. The Morgan fingerprint density at radius 1 is 1.44 bits per heavy atom. The molecule has 0 saturated heterocycles. The first kappa shape index (κ1) is 12.7. The van der Waals surface area contributed by atoms with Crippen molar-refractivity contribution in [3.63, 3.8) is 0 Å². The highest BCUT2D eigenvalue weighted by Crippen LogP contribution is 2.23. The molecule has 0 aromatic heterocycles. The summed E-state index contributed by atoms with van der Waals surface area (Å²) in [5.41, 5.74) is 10.4. The Kier molecular flexibility index (Phi) is 4.07. The summed E-state index contributed by atoms with van der Waals surface area (Å²) in [4.78, 5) is 10.7. The average molecular weight is 221 g/mol. The van der Waals surface area contributed by atoms with Crippen molar-refractivity contribution in [2.24, 2.45) is 5.73 Å². The third-order valence-electron chi connectivity index (χ3n) is 2.97. The summed E-state index contributed by atoms with van der Waals surface area (Å²) in [6.45, 7) is 6.11. The Labute approximate surface area is 96.3 Å². The van der Waals surface area contributed by atoms with Crippen molar-refractivity contribution >= 4 is 5.97 Å². The van der Waals surface area contributed by atoms with Crippen LogP contribution in [-0.4, -0.2) is 11.1 Å². The molecular formula is C13H19NO2. The lowest BCUT2D eigenvalue weighted by atomic mass is 9.93. The lowest BCUT2D eigenvalue weighted by Gasteiger charge is -2.16. The van der Waals surface area contributed by atoms with Gasteiger partial charge in [-0.25, -0.2) is 0 Å². The van der Waals surface area contributed by atoms with E-state index in [1.807, 2.05) is 19.9 Å². The molecule has 0 radical (unpaired) electrons. The number of carboxylic acid groups (broad SMARTS) is 1. The summed E-state index contributed by atoms with van der Waals surface area (Å²) in [6, 6.07) is 3.74. The summed E-state index contributed by atoms with van der Waals surface area (Å²) in [7, 11) is 0. The lowest BCUT2D eigenvalue weighted by molar-refractivity contribution is -0.137. The van der Waals surface area contributed by atoms with Gasteiger partial charge in [-0.1, -0.05) is 19.1 Å². The van der Waals surface area contributed by atoms with Gasteiger partial charge in [0.05, 0.1) is 6.42 Å².